The second-order valence-electron chi connectivity index (χ2n) is 5.96. The summed E-state index contributed by atoms with van der Waals surface area (Å²) in [5.74, 6) is -1.19. The standard InChI is InChI=1S/C20H34O11/c1-3-19(23)30-15-17(21)13-28-11-9-26-7-5-25-6-8-27-10-12-29-14-18(22)16-31-20(24)4-2/h3-4,17-18,21-22H,1-2,5-16H2. The van der Waals surface area contributed by atoms with Crippen molar-refractivity contribution < 1.29 is 53.0 Å². The zero-order valence-corrected chi connectivity index (χ0v) is 17.8. The first-order valence-corrected chi connectivity index (χ1v) is 9.82. The Kier molecular flexibility index (Phi) is 20.1. The van der Waals surface area contributed by atoms with Crippen LogP contribution in [0.1, 0.15) is 0 Å². The average molecular weight is 450 g/mol. The maximum Gasteiger partial charge on any atom is 0.330 e. The second-order valence-corrected chi connectivity index (χ2v) is 5.96. The molecule has 0 aliphatic carbocycles. The maximum atomic E-state index is 10.8. The Labute approximate surface area is 182 Å². The Morgan fingerprint density at radius 1 is 0.581 bits per heavy atom. The minimum absolute atomic E-state index is 0.0348. The molecule has 11 heteroatoms. The van der Waals surface area contributed by atoms with E-state index in [9.17, 15) is 19.8 Å². The second kappa shape index (κ2) is 21.4. The van der Waals surface area contributed by atoms with Crippen LogP contribution in [0.25, 0.3) is 0 Å². The summed E-state index contributed by atoms with van der Waals surface area (Å²) in [6.45, 7) is 9.11. The third kappa shape index (κ3) is 21.2. The van der Waals surface area contributed by atoms with Crippen molar-refractivity contribution in [2.45, 2.75) is 12.2 Å². The molecule has 0 aromatic heterocycles. The van der Waals surface area contributed by atoms with E-state index in [1.807, 2.05) is 0 Å². The van der Waals surface area contributed by atoms with E-state index >= 15 is 0 Å². The zero-order valence-electron chi connectivity index (χ0n) is 17.8. The lowest BCUT2D eigenvalue weighted by atomic mass is 10.4. The number of aliphatic hydroxyl groups excluding tert-OH is 2. The van der Waals surface area contributed by atoms with Crippen molar-refractivity contribution >= 4 is 11.9 Å². The molecule has 0 fully saturated rings. The highest BCUT2D eigenvalue weighted by atomic mass is 16.6. The molecule has 2 atom stereocenters. The van der Waals surface area contributed by atoms with Crippen LogP contribution in [-0.2, 0) is 42.7 Å². The molecule has 31 heavy (non-hydrogen) atoms. The lowest BCUT2D eigenvalue weighted by Crippen LogP contribution is -2.24. The monoisotopic (exact) mass is 450 g/mol. The largest absolute Gasteiger partial charge is 0.460 e. The van der Waals surface area contributed by atoms with Crippen molar-refractivity contribution in [1.29, 1.82) is 0 Å². The van der Waals surface area contributed by atoms with Crippen LogP contribution in [0.4, 0.5) is 0 Å². The third-order valence-corrected chi connectivity index (χ3v) is 3.28. The van der Waals surface area contributed by atoms with Gasteiger partial charge in [0.2, 0.25) is 0 Å². The molecule has 180 valence electrons. The van der Waals surface area contributed by atoms with Crippen molar-refractivity contribution in [2.24, 2.45) is 0 Å². The van der Waals surface area contributed by atoms with Crippen molar-refractivity contribution in [3.05, 3.63) is 25.3 Å². The molecule has 0 aromatic rings. The van der Waals surface area contributed by atoms with Gasteiger partial charge in [-0.05, 0) is 0 Å². The lowest BCUT2D eigenvalue weighted by Gasteiger charge is -2.12. The Morgan fingerprint density at radius 2 is 0.871 bits per heavy atom. The van der Waals surface area contributed by atoms with Crippen molar-refractivity contribution in [1.82, 2.24) is 0 Å². The zero-order chi connectivity index (χ0) is 23.2. The van der Waals surface area contributed by atoms with E-state index in [2.05, 4.69) is 22.6 Å². The Balaban J connectivity index is 3.24. The number of carbonyl (C=O) groups is 2. The summed E-state index contributed by atoms with van der Waals surface area (Å²) in [5, 5.41) is 19.0. The average Bonchev–Trinajstić information content (AvgIpc) is 2.78. The van der Waals surface area contributed by atoms with E-state index in [1.165, 1.54) is 0 Å². The van der Waals surface area contributed by atoms with Crippen LogP contribution in [0.15, 0.2) is 25.3 Å². The van der Waals surface area contributed by atoms with Crippen LogP contribution in [0.2, 0.25) is 0 Å². The van der Waals surface area contributed by atoms with E-state index in [-0.39, 0.29) is 26.4 Å². The summed E-state index contributed by atoms with van der Waals surface area (Å²) >= 11 is 0. The molecule has 0 saturated heterocycles. The summed E-state index contributed by atoms with van der Waals surface area (Å²) in [7, 11) is 0. The lowest BCUT2D eigenvalue weighted by molar-refractivity contribution is -0.142. The molecule has 2 N–H and O–H groups in total. The fraction of sp³-hybridized carbons (Fsp3) is 0.700. The highest BCUT2D eigenvalue weighted by molar-refractivity contribution is 5.81. The first-order chi connectivity index (χ1) is 15.0. The number of rotatable bonds is 22. The summed E-state index contributed by atoms with van der Waals surface area (Å²) in [6, 6.07) is 0. The molecule has 11 nitrogen and oxygen atoms in total. The Morgan fingerprint density at radius 3 is 1.16 bits per heavy atom. The van der Waals surface area contributed by atoms with Gasteiger partial charge in [0.05, 0.1) is 66.1 Å². The molecule has 0 heterocycles. The third-order valence-electron chi connectivity index (χ3n) is 3.28. The van der Waals surface area contributed by atoms with E-state index in [0.29, 0.717) is 52.9 Å². The van der Waals surface area contributed by atoms with Gasteiger partial charge in [-0.3, -0.25) is 0 Å². The van der Waals surface area contributed by atoms with Gasteiger partial charge in [-0.15, -0.1) is 0 Å². The topological polar surface area (TPSA) is 139 Å². The van der Waals surface area contributed by atoms with Gasteiger partial charge in [-0.1, -0.05) is 13.2 Å². The van der Waals surface area contributed by atoms with Crippen molar-refractivity contribution in [2.75, 3.05) is 79.3 Å². The summed E-state index contributed by atoms with van der Waals surface area (Å²) in [5.41, 5.74) is 0. The van der Waals surface area contributed by atoms with Crippen LogP contribution >= 0.6 is 0 Å². The van der Waals surface area contributed by atoms with Crippen LogP contribution in [0, 0.1) is 0 Å². The first-order valence-electron chi connectivity index (χ1n) is 9.82. The summed E-state index contributed by atoms with van der Waals surface area (Å²) < 4.78 is 35.7. The molecule has 0 radical (unpaired) electrons. The highest BCUT2D eigenvalue weighted by Gasteiger charge is 2.07. The minimum atomic E-state index is -0.898. The van der Waals surface area contributed by atoms with Gasteiger partial charge >= 0.3 is 11.9 Å². The number of ether oxygens (including phenoxy) is 7. The fourth-order valence-corrected chi connectivity index (χ4v) is 1.79. The molecule has 0 aliphatic rings. The van der Waals surface area contributed by atoms with Gasteiger partial charge < -0.3 is 43.4 Å². The summed E-state index contributed by atoms with van der Waals surface area (Å²) in [6.07, 6.45) is 0.245. The molecule has 0 rings (SSSR count). The van der Waals surface area contributed by atoms with Gasteiger partial charge in [0, 0.05) is 12.2 Å². The maximum absolute atomic E-state index is 10.8. The summed E-state index contributed by atoms with van der Waals surface area (Å²) in [4.78, 5) is 21.7. The minimum Gasteiger partial charge on any atom is -0.460 e. The van der Waals surface area contributed by atoms with E-state index in [1.54, 1.807) is 0 Å². The van der Waals surface area contributed by atoms with Gasteiger partial charge in [0.1, 0.15) is 25.4 Å². The normalized spacial score (nSPS) is 12.7. The molecular formula is C20H34O11. The molecule has 0 bridgehead atoms. The van der Waals surface area contributed by atoms with Crippen LogP contribution < -0.4 is 0 Å². The molecule has 0 saturated carbocycles. The number of esters is 2. The molecule has 0 aromatic carbocycles. The molecule has 0 aliphatic heterocycles. The molecule has 2 unspecified atom stereocenters. The Hall–Kier alpha value is -1.86. The van der Waals surface area contributed by atoms with Gasteiger partial charge in [0.15, 0.2) is 0 Å². The van der Waals surface area contributed by atoms with Gasteiger partial charge in [0.25, 0.3) is 0 Å². The van der Waals surface area contributed by atoms with Crippen LogP contribution in [0.3, 0.4) is 0 Å². The molecule has 0 spiro atoms. The predicted octanol–water partition coefficient (Wildman–Crippen LogP) is -0.750. The SMILES string of the molecule is C=CC(=O)OCC(O)COCCOCCOCCOCCOCC(O)COC(=O)C=C. The quantitative estimate of drug-likeness (QED) is 0.122. The smallest absolute Gasteiger partial charge is 0.330 e. The van der Waals surface area contributed by atoms with Crippen molar-refractivity contribution in [3.63, 3.8) is 0 Å². The number of carbonyl (C=O) groups excluding carboxylic acids is 2. The van der Waals surface area contributed by atoms with Gasteiger partial charge in [-0.2, -0.15) is 0 Å². The molecule has 0 amide bonds. The number of aliphatic hydroxyl groups is 2. The number of hydrogen-bond acceptors (Lipinski definition) is 11. The first kappa shape index (κ1) is 29.1. The van der Waals surface area contributed by atoms with E-state index in [0.717, 1.165) is 12.2 Å². The number of hydrogen-bond donors (Lipinski definition) is 2. The fourth-order valence-electron chi connectivity index (χ4n) is 1.79. The van der Waals surface area contributed by atoms with E-state index in [4.69, 9.17) is 23.7 Å². The Bertz CT molecular complexity index is 442. The molecular weight excluding hydrogens is 416 g/mol. The van der Waals surface area contributed by atoms with Crippen LogP contribution in [-0.4, -0.2) is 114 Å². The highest BCUT2D eigenvalue weighted by Crippen LogP contribution is 1.91. The predicted molar refractivity (Wildman–Crippen MR) is 108 cm³/mol. The van der Waals surface area contributed by atoms with Crippen molar-refractivity contribution in [3.8, 4) is 0 Å². The van der Waals surface area contributed by atoms with E-state index < -0.39 is 24.1 Å². The van der Waals surface area contributed by atoms with Gasteiger partial charge in [-0.25, -0.2) is 9.59 Å². The van der Waals surface area contributed by atoms with Crippen LogP contribution in [0.5, 0.6) is 0 Å².